The number of sulfonamides is 1. The highest BCUT2D eigenvalue weighted by atomic mass is 32.2. The minimum absolute atomic E-state index is 0.0776. The van der Waals surface area contributed by atoms with Crippen LogP contribution >= 0.6 is 0 Å². The zero-order valence-electron chi connectivity index (χ0n) is 16.9. The molecular weight excluding hydrogens is 392 g/mol. The number of benzene rings is 1. The molecule has 156 valence electrons. The third-order valence-electron chi connectivity index (χ3n) is 4.98. The number of nitrogens with one attached hydrogen (secondary N) is 1. The number of nitrogens with zero attached hydrogens (tertiary/aromatic N) is 3. The van der Waals surface area contributed by atoms with E-state index in [0.29, 0.717) is 30.9 Å². The molecule has 9 heteroatoms. The van der Waals surface area contributed by atoms with Crippen LogP contribution in [0.3, 0.4) is 0 Å². The minimum atomic E-state index is -3.49. The molecule has 1 aromatic heterocycles. The van der Waals surface area contributed by atoms with Crippen molar-refractivity contribution in [1.82, 2.24) is 14.8 Å². The van der Waals surface area contributed by atoms with Gasteiger partial charge < -0.3 is 9.42 Å². The molecule has 0 saturated heterocycles. The van der Waals surface area contributed by atoms with Gasteiger partial charge in [-0.15, -0.1) is 0 Å². The van der Waals surface area contributed by atoms with Gasteiger partial charge in [-0.3, -0.25) is 14.5 Å². The van der Waals surface area contributed by atoms with E-state index in [4.69, 9.17) is 4.52 Å². The average molecular weight is 419 g/mol. The molecule has 0 fully saturated rings. The number of hydrogen-bond donors (Lipinski definition) is 1. The molecule has 1 aliphatic rings. The second kappa shape index (κ2) is 8.77. The summed E-state index contributed by atoms with van der Waals surface area (Å²) in [6.45, 7) is 4.72. The van der Waals surface area contributed by atoms with E-state index in [1.54, 1.807) is 36.2 Å². The summed E-state index contributed by atoms with van der Waals surface area (Å²) in [7, 11) is -1.71. The standard InChI is InChI=1S/C20H26N4O4S/c1-14-17(15(2)28-22-14)13-24(3)19(25)11-5-4-8-12-21-20-16-9-6-7-10-18(16)29(26,27)23-20/h6-7,9-10H,4-5,8,11-13H2,1-3H3,(H,21,23). The number of aromatic nitrogens is 1. The predicted molar refractivity (Wildman–Crippen MR) is 109 cm³/mol. The number of hydrogen-bond acceptors (Lipinski definition) is 6. The molecule has 3 rings (SSSR count). The van der Waals surface area contributed by atoms with Crippen molar-refractivity contribution in [2.45, 2.75) is 51.0 Å². The number of amides is 1. The summed E-state index contributed by atoms with van der Waals surface area (Å²) in [5, 5.41) is 3.91. The van der Waals surface area contributed by atoms with Crippen molar-refractivity contribution in [1.29, 1.82) is 0 Å². The summed E-state index contributed by atoms with van der Waals surface area (Å²) in [4.78, 5) is 18.7. The van der Waals surface area contributed by atoms with Gasteiger partial charge in [-0.05, 0) is 38.8 Å². The Hall–Kier alpha value is -2.68. The highest BCUT2D eigenvalue weighted by molar-refractivity contribution is 7.90. The van der Waals surface area contributed by atoms with Gasteiger partial charge in [0.1, 0.15) is 11.6 Å². The summed E-state index contributed by atoms with van der Waals surface area (Å²) in [5.41, 5.74) is 2.38. The van der Waals surface area contributed by atoms with E-state index in [1.165, 1.54) is 0 Å². The van der Waals surface area contributed by atoms with Crippen LogP contribution < -0.4 is 4.72 Å². The molecule has 0 bridgehead atoms. The fourth-order valence-electron chi connectivity index (χ4n) is 3.25. The molecule has 8 nitrogen and oxygen atoms in total. The van der Waals surface area contributed by atoms with Crippen molar-refractivity contribution in [2.24, 2.45) is 4.99 Å². The first-order valence-corrected chi connectivity index (χ1v) is 11.1. The van der Waals surface area contributed by atoms with Gasteiger partial charge in [0.15, 0.2) is 0 Å². The number of aliphatic imine (C=N–C) groups is 1. The maximum atomic E-state index is 12.3. The molecule has 0 aliphatic carbocycles. The Bertz CT molecular complexity index is 1010. The zero-order chi connectivity index (χ0) is 21.0. The van der Waals surface area contributed by atoms with Gasteiger partial charge in [-0.2, -0.15) is 0 Å². The first kappa shape index (κ1) is 21.0. The van der Waals surface area contributed by atoms with Gasteiger partial charge >= 0.3 is 0 Å². The number of carbonyl (C=O) groups excluding carboxylic acids is 1. The SMILES string of the molecule is Cc1noc(C)c1CN(C)C(=O)CCCCCN=C1NS(=O)(=O)c2ccccc21. The third kappa shape index (κ3) is 4.84. The number of carbonyl (C=O) groups is 1. The first-order valence-electron chi connectivity index (χ1n) is 9.62. The molecule has 1 aliphatic heterocycles. The fraction of sp³-hybridized carbons (Fsp3) is 0.450. The number of amidine groups is 1. The summed E-state index contributed by atoms with van der Waals surface area (Å²) in [6, 6.07) is 6.81. The lowest BCUT2D eigenvalue weighted by molar-refractivity contribution is -0.130. The molecule has 0 unspecified atom stereocenters. The van der Waals surface area contributed by atoms with Crippen molar-refractivity contribution < 1.29 is 17.7 Å². The van der Waals surface area contributed by atoms with Crippen molar-refractivity contribution >= 4 is 21.8 Å². The molecule has 0 radical (unpaired) electrons. The van der Waals surface area contributed by atoms with Gasteiger partial charge in [0, 0.05) is 31.1 Å². The highest BCUT2D eigenvalue weighted by Gasteiger charge is 2.29. The molecule has 0 atom stereocenters. The van der Waals surface area contributed by atoms with Gasteiger partial charge in [-0.25, -0.2) is 8.42 Å². The van der Waals surface area contributed by atoms with Crippen LogP contribution in [0.4, 0.5) is 0 Å². The average Bonchev–Trinajstić information content (AvgIpc) is 3.14. The molecule has 1 amide bonds. The quantitative estimate of drug-likeness (QED) is 0.663. The van der Waals surface area contributed by atoms with Crippen LogP contribution in [0, 0.1) is 13.8 Å². The maximum Gasteiger partial charge on any atom is 0.263 e. The normalized spacial score (nSPS) is 15.9. The van der Waals surface area contributed by atoms with Crippen LogP contribution in [0.1, 0.15) is 48.3 Å². The molecule has 1 N–H and O–H groups in total. The summed E-state index contributed by atoms with van der Waals surface area (Å²) in [5.74, 6) is 1.22. The second-order valence-corrected chi connectivity index (χ2v) is 8.85. The lowest BCUT2D eigenvalue weighted by atomic mass is 10.1. The predicted octanol–water partition coefficient (Wildman–Crippen LogP) is 2.55. The Balaban J connectivity index is 1.41. The molecule has 1 aromatic carbocycles. The molecule has 0 saturated carbocycles. The Kier molecular flexibility index (Phi) is 6.36. The largest absolute Gasteiger partial charge is 0.361 e. The monoisotopic (exact) mass is 418 g/mol. The lowest BCUT2D eigenvalue weighted by Crippen LogP contribution is -2.26. The van der Waals surface area contributed by atoms with Crippen LogP contribution in [0.5, 0.6) is 0 Å². The van der Waals surface area contributed by atoms with Crippen LogP contribution in [0.25, 0.3) is 0 Å². The Morgan fingerprint density at radius 2 is 1.97 bits per heavy atom. The van der Waals surface area contributed by atoms with Gasteiger partial charge in [-0.1, -0.05) is 23.7 Å². The van der Waals surface area contributed by atoms with Crippen LogP contribution in [-0.2, 0) is 21.4 Å². The first-order chi connectivity index (χ1) is 13.8. The molecule has 2 aromatic rings. The number of aryl methyl sites for hydroxylation is 2. The van der Waals surface area contributed by atoms with Crippen LogP contribution in [0.2, 0.25) is 0 Å². The van der Waals surface area contributed by atoms with Crippen molar-refractivity contribution in [2.75, 3.05) is 13.6 Å². The second-order valence-electron chi connectivity index (χ2n) is 7.20. The van der Waals surface area contributed by atoms with E-state index in [2.05, 4.69) is 14.9 Å². The summed E-state index contributed by atoms with van der Waals surface area (Å²) in [6.07, 6.45) is 2.86. The Labute approximate surface area is 171 Å². The molecule has 2 heterocycles. The fourth-order valence-corrected chi connectivity index (χ4v) is 4.50. The van der Waals surface area contributed by atoms with Gasteiger partial charge in [0.2, 0.25) is 5.91 Å². The van der Waals surface area contributed by atoms with E-state index in [-0.39, 0.29) is 10.8 Å². The van der Waals surface area contributed by atoms with E-state index < -0.39 is 10.0 Å². The summed E-state index contributed by atoms with van der Waals surface area (Å²) < 4.78 is 31.7. The molecular formula is C20H26N4O4S. The van der Waals surface area contributed by atoms with Gasteiger partial charge in [0.25, 0.3) is 10.0 Å². The third-order valence-corrected chi connectivity index (χ3v) is 6.38. The number of fused-ring (bicyclic) bond motifs is 1. The molecule has 0 spiro atoms. The van der Waals surface area contributed by atoms with E-state index in [0.717, 1.165) is 36.3 Å². The Morgan fingerprint density at radius 1 is 1.21 bits per heavy atom. The van der Waals surface area contributed by atoms with Gasteiger partial charge in [0.05, 0.1) is 17.1 Å². The summed E-state index contributed by atoms with van der Waals surface area (Å²) >= 11 is 0. The highest BCUT2D eigenvalue weighted by Crippen LogP contribution is 2.22. The van der Waals surface area contributed by atoms with E-state index in [9.17, 15) is 13.2 Å². The van der Waals surface area contributed by atoms with E-state index >= 15 is 0 Å². The van der Waals surface area contributed by atoms with Crippen molar-refractivity contribution in [3.05, 3.63) is 46.8 Å². The number of rotatable bonds is 8. The topological polar surface area (TPSA) is 105 Å². The van der Waals surface area contributed by atoms with E-state index in [1.807, 2.05) is 13.8 Å². The maximum absolute atomic E-state index is 12.3. The smallest absolute Gasteiger partial charge is 0.263 e. The number of unbranched alkanes of at least 4 members (excludes halogenated alkanes) is 2. The zero-order valence-corrected chi connectivity index (χ0v) is 17.8. The lowest BCUT2D eigenvalue weighted by Gasteiger charge is -2.16. The molecule has 29 heavy (non-hydrogen) atoms. The van der Waals surface area contributed by atoms with Crippen molar-refractivity contribution in [3.63, 3.8) is 0 Å². The Morgan fingerprint density at radius 3 is 2.69 bits per heavy atom. The van der Waals surface area contributed by atoms with Crippen LogP contribution in [0.15, 0.2) is 38.7 Å². The van der Waals surface area contributed by atoms with Crippen LogP contribution in [-0.4, -0.2) is 43.8 Å². The van der Waals surface area contributed by atoms with Crippen molar-refractivity contribution in [3.8, 4) is 0 Å². The minimum Gasteiger partial charge on any atom is -0.361 e.